The van der Waals surface area contributed by atoms with Crippen LogP contribution in [-0.4, -0.2) is 42.8 Å². The average Bonchev–Trinajstić information content (AvgIpc) is 2.50. The lowest BCUT2D eigenvalue weighted by atomic mass is 10.1. The Morgan fingerprint density at radius 1 is 1.39 bits per heavy atom. The van der Waals surface area contributed by atoms with E-state index in [1.807, 2.05) is 0 Å². The van der Waals surface area contributed by atoms with Crippen molar-refractivity contribution in [3.8, 4) is 5.75 Å². The Balaban J connectivity index is 2.09. The normalized spacial score (nSPS) is 17.3. The van der Waals surface area contributed by atoms with Gasteiger partial charge in [0.1, 0.15) is 11.6 Å². The third-order valence-electron chi connectivity index (χ3n) is 3.56. The van der Waals surface area contributed by atoms with E-state index in [9.17, 15) is 18.0 Å². The molecule has 0 saturated heterocycles. The highest BCUT2D eigenvalue weighted by molar-refractivity contribution is 6.19. The van der Waals surface area contributed by atoms with Crippen molar-refractivity contribution in [1.29, 1.82) is 0 Å². The van der Waals surface area contributed by atoms with Gasteiger partial charge in [0.15, 0.2) is 0 Å². The number of benzene rings is 1. The number of amides is 2. The van der Waals surface area contributed by atoms with E-state index in [0.29, 0.717) is 36.6 Å². The van der Waals surface area contributed by atoms with Crippen LogP contribution in [0.2, 0.25) is 0 Å². The fraction of sp³-hybridized carbons (Fsp3) is 0.333. The molecule has 8 heteroatoms. The van der Waals surface area contributed by atoms with Crippen molar-refractivity contribution >= 4 is 17.6 Å². The number of alkyl halides is 3. The van der Waals surface area contributed by atoms with Crippen molar-refractivity contribution in [3.63, 3.8) is 0 Å². The molecular formula is C15H14F3N3O2. The molecule has 0 aromatic heterocycles. The number of urea groups is 1. The molecule has 23 heavy (non-hydrogen) atoms. The topological polar surface area (TPSA) is 45.1 Å². The molecule has 2 heterocycles. The number of carbonyl (C=O) groups excluding carboxylic acids is 1. The first-order chi connectivity index (χ1) is 10.9. The fourth-order valence-corrected chi connectivity index (χ4v) is 2.70. The van der Waals surface area contributed by atoms with Crippen molar-refractivity contribution in [2.75, 3.05) is 24.5 Å². The van der Waals surface area contributed by atoms with Gasteiger partial charge in [0.05, 0.1) is 5.69 Å². The van der Waals surface area contributed by atoms with Gasteiger partial charge < -0.3 is 4.74 Å². The van der Waals surface area contributed by atoms with E-state index >= 15 is 0 Å². The van der Waals surface area contributed by atoms with Crippen molar-refractivity contribution in [1.82, 2.24) is 4.90 Å². The molecule has 2 amide bonds. The van der Waals surface area contributed by atoms with Crippen LogP contribution in [0.3, 0.4) is 0 Å². The molecule has 0 unspecified atom stereocenters. The molecule has 1 aromatic carbocycles. The van der Waals surface area contributed by atoms with Crippen molar-refractivity contribution in [2.24, 2.45) is 4.99 Å². The molecule has 0 fully saturated rings. The van der Waals surface area contributed by atoms with Crippen LogP contribution in [0.1, 0.15) is 12.0 Å². The summed E-state index contributed by atoms with van der Waals surface area (Å²) in [6.07, 6.45) is -2.49. The lowest BCUT2D eigenvalue weighted by Crippen LogP contribution is -2.53. The third-order valence-corrected chi connectivity index (χ3v) is 3.56. The number of nitrogens with zero attached hydrogens (tertiary/aromatic N) is 3. The van der Waals surface area contributed by atoms with E-state index in [1.54, 1.807) is 6.08 Å². The van der Waals surface area contributed by atoms with Gasteiger partial charge >= 0.3 is 12.4 Å². The number of aliphatic imine (C=N–C) groups is 1. The summed E-state index contributed by atoms with van der Waals surface area (Å²) in [6, 6.07) is 3.64. The zero-order chi connectivity index (χ0) is 16.6. The predicted molar refractivity (Wildman–Crippen MR) is 78.8 cm³/mol. The summed E-state index contributed by atoms with van der Waals surface area (Å²) in [7, 11) is 0. The van der Waals surface area contributed by atoms with Crippen LogP contribution in [0.4, 0.5) is 23.7 Å². The standard InChI is InChI=1S/C15H14F3N3O2/c1-2-7-20-12-5-4-10(23-15(16,17)18)9-11(12)13-19-6-3-8-21(13)14(20)22/h2,4-5,9H,1,3,6-8H2. The van der Waals surface area contributed by atoms with E-state index in [4.69, 9.17) is 0 Å². The minimum absolute atomic E-state index is 0.250. The first kappa shape index (κ1) is 15.4. The Morgan fingerprint density at radius 3 is 2.87 bits per heavy atom. The van der Waals surface area contributed by atoms with E-state index in [-0.39, 0.29) is 18.3 Å². The summed E-state index contributed by atoms with van der Waals surface area (Å²) >= 11 is 0. The van der Waals surface area contributed by atoms with Gasteiger partial charge in [-0.2, -0.15) is 0 Å². The quantitative estimate of drug-likeness (QED) is 0.801. The molecule has 0 saturated carbocycles. The Hall–Kier alpha value is -2.51. The van der Waals surface area contributed by atoms with E-state index in [1.165, 1.54) is 28.0 Å². The molecule has 0 aliphatic carbocycles. The highest BCUT2D eigenvalue weighted by atomic mass is 19.4. The van der Waals surface area contributed by atoms with Gasteiger partial charge in [0.25, 0.3) is 0 Å². The monoisotopic (exact) mass is 325 g/mol. The molecule has 0 radical (unpaired) electrons. The number of amidine groups is 1. The number of fused-ring (bicyclic) bond motifs is 3. The van der Waals surface area contributed by atoms with Crippen molar-refractivity contribution < 1.29 is 22.7 Å². The van der Waals surface area contributed by atoms with Crippen LogP contribution in [-0.2, 0) is 0 Å². The minimum Gasteiger partial charge on any atom is -0.406 e. The van der Waals surface area contributed by atoms with Crippen LogP contribution in [0.15, 0.2) is 35.8 Å². The van der Waals surface area contributed by atoms with Crippen LogP contribution in [0.25, 0.3) is 0 Å². The summed E-state index contributed by atoms with van der Waals surface area (Å²) in [5.41, 5.74) is 0.953. The van der Waals surface area contributed by atoms with Crippen LogP contribution in [0, 0.1) is 0 Å². The molecule has 5 nitrogen and oxygen atoms in total. The van der Waals surface area contributed by atoms with Crippen LogP contribution < -0.4 is 9.64 Å². The molecule has 0 bridgehead atoms. The largest absolute Gasteiger partial charge is 0.573 e. The van der Waals surface area contributed by atoms with Gasteiger partial charge in [-0.05, 0) is 24.6 Å². The van der Waals surface area contributed by atoms with Crippen LogP contribution >= 0.6 is 0 Å². The number of ether oxygens (including phenoxy) is 1. The molecule has 122 valence electrons. The summed E-state index contributed by atoms with van der Waals surface area (Å²) in [5.74, 6) is 0.0570. The van der Waals surface area contributed by atoms with Crippen LogP contribution in [0.5, 0.6) is 5.75 Å². The zero-order valence-corrected chi connectivity index (χ0v) is 12.1. The number of anilines is 1. The summed E-state index contributed by atoms with van der Waals surface area (Å²) in [5, 5.41) is 0. The van der Waals surface area contributed by atoms with Gasteiger partial charge in [-0.1, -0.05) is 6.08 Å². The van der Waals surface area contributed by atoms with Gasteiger partial charge in [0.2, 0.25) is 0 Å². The third kappa shape index (κ3) is 2.88. The number of hydrogen-bond donors (Lipinski definition) is 0. The Kier molecular flexibility index (Phi) is 3.75. The first-order valence-electron chi connectivity index (χ1n) is 7.05. The maximum atomic E-state index is 12.5. The minimum atomic E-state index is -4.77. The number of halogens is 3. The first-order valence-corrected chi connectivity index (χ1v) is 7.05. The molecule has 3 rings (SSSR count). The Bertz CT molecular complexity index is 685. The summed E-state index contributed by atoms with van der Waals surface area (Å²) in [6.45, 7) is 4.89. The van der Waals surface area contributed by atoms with E-state index in [2.05, 4.69) is 16.3 Å². The molecule has 0 spiro atoms. The molecular weight excluding hydrogens is 311 g/mol. The number of carbonyl (C=O) groups is 1. The van der Waals surface area contributed by atoms with Gasteiger partial charge in [-0.15, -0.1) is 19.8 Å². The second kappa shape index (κ2) is 5.60. The Morgan fingerprint density at radius 2 is 2.17 bits per heavy atom. The van der Waals surface area contributed by atoms with Crippen molar-refractivity contribution in [3.05, 3.63) is 36.4 Å². The maximum Gasteiger partial charge on any atom is 0.573 e. The number of hydrogen-bond acceptors (Lipinski definition) is 3. The van der Waals surface area contributed by atoms with Crippen molar-refractivity contribution in [2.45, 2.75) is 12.8 Å². The van der Waals surface area contributed by atoms with E-state index in [0.717, 1.165) is 0 Å². The highest BCUT2D eigenvalue weighted by Crippen LogP contribution is 2.34. The SMILES string of the molecule is C=CCN1C(=O)N2CCCN=C2c2cc(OC(F)(F)F)ccc21. The second-order valence-electron chi connectivity index (χ2n) is 5.12. The Labute approximate surface area is 130 Å². The lowest BCUT2D eigenvalue weighted by Gasteiger charge is -2.39. The smallest absolute Gasteiger partial charge is 0.406 e. The maximum absolute atomic E-state index is 12.5. The lowest BCUT2D eigenvalue weighted by molar-refractivity contribution is -0.274. The van der Waals surface area contributed by atoms with Gasteiger partial charge in [-0.25, -0.2) is 4.79 Å². The second-order valence-corrected chi connectivity index (χ2v) is 5.12. The van der Waals surface area contributed by atoms with E-state index < -0.39 is 6.36 Å². The molecule has 0 N–H and O–H groups in total. The summed E-state index contributed by atoms with van der Waals surface area (Å²) < 4.78 is 41.2. The molecule has 2 aliphatic heterocycles. The fourth-order valence-electron chi connectivity index (χ4n) is 2.70. The molecule has 0 atom stereocenters. The molecule has 1 aromatic rings. The number of rotatable bonds is 3. The predicted octanol–water partition coefficient (Wildman–Crippen LogP) is 3.16. The zero-order valence-electron chi connectivity index (χ0n) is 12.1. The molecule has 2 aliphatic rings. The van der Waals surface area contributed by atoms with Gasteiger partial charge in [-0.3, -0.25) is 14.8 Å². The average molecular weight is 325 g/mol. The highest BCUT2D eigenvalue weighted by Gasteiger charge is 2.37. The van der Waals surface area contributed by atoms with Gasteiger partial charge in [0, 0.05) is 25.2 Å². The summed E-state index contributed by atoms with van der Waals surface area (Å²) in [4.78, 5) is 19.8.